The highest BCUT2D eigenvalue weighted by atomic mass is 15.1. The van der Waals surface area contributed by atoms with Crippen LogP contribution in [0.2, 0.25) is 0 Å². The summed E-state index contributed by atoms with van der Waals surface area (Å²) in [4.78, 5) is 4.40. The molecule has 2 rings (SSSR count). The minimum atomic E-state index is 0.384. The molecular weight excluding hydrogens is 210 g/mol. The second-order valence-electron chi connectivity index (χ2n) is 4.18. The third-order valence-corrected chi connectivity index (χ3v) is 2.94. The van der Waals surface area contributed by atoms with Gasteiger partial charge < -0.3 is 9.88 Å². The maximum absolute atomic E-state index is 4.40. The Bertz CT molecular complexity index is 448. The van der Waals surface area contributed by atoms with Crippen LogP contribution in [0.4, 0.5) is 0 Å². The van der Waals surface area contributed by atoms with Gasteiger partial charge in [-0.1, -0.05) is 37.3 Å². The molecule has 0 amide bonds. The molecule has 17 heavy (non-hydrogen) atoms. The maximum Gasteiger partial charge on any atom is 0.0955 e. The topological polar surface area (TPSA) is 29.9 Å². The minimum Gasteiger partial charge on any atom is -0.330 e. The number of nitrogens with one attached hydrogen (secondary N) is 1. The zero-order chi connectivity index (χ0) is 12.1. The van der Waals surface area contributed by atoms with E-state index in [2.05, 4.69) is 58.3 Å². The van der Waals surface area contributed by atoms with Crippen LogP contribution in [0.15, 0.2) is 42.9 Å². The lowest BCUT2D eigenvalue weighted by Crippen LogP contribution is -2.08. The molecule has 0 aliphatic heterocycles. The molecule has 0 bridgehead atoms. The van der Waals surface area contributed by atoms with E-state index in [1.54, 1.807) is 0 Å². The van der Waals surface area contributed by atoms with Crippen LogP contribution in [0.3, 0.4) is 0 Å². The zero-order valence-electron chi connectivity index (χ0n) is 10.4. The Kier molecular flexibility index (Phi) is 3.94. The molecule has 3 nitrogen and oxygen atoms in total. The summed E-state index contributed by atoms with van der Waals surface area (Å²) >= 11 is 0. The van der Waals surface area contributed by atoms with Gasteiger partial charge in [0.05, 0.1) is 18.1 Å². The lowest BCUT2D eigenvalue weighted by Gasteiger charge is -2.16. The summed E-state index contributed by atoms with van der Waals surface area (Å²) < 4.78 is 2.20. The minimum absolute atomic E-state index is 0.384. The molecule has 0 aliphatic rings. The number of imidazole rings is 1. The second kappa shape index (κ2) is 5.64. The molecule has 2 aromatic rings. The molecule has 0 saturated carbocycles. The third kappa shape index (κ3) is 2.74. The molecular formula is C14H19N3. The van der Waals surface area contributed by atoms with E-state index in [0.29, 0.717) is 6.04 Å². The molecule has 0 fully saturated rings. The van der Waals surface area contributed by atoms with Crippen LogP contribution in [-0.4, -0.2) is 16.6 Å². The number of hydrogen-bond acceptors (Lipinski definition) is 2. The number of aromatic nitrogens is 2. The molecule has 1 aromatic heterocycles. The van der Waals surface area contributed by atoms with Crippen LogP contribution in [-0.2, 0) is 6.54 Å². The van der Waals surface area contributed by atoms with Crippen molar-refractivity contribution in [2.75, 3.05) is 7.05 Å². The van der Waals surface area contributed by atoms with Gasteiger partial charge in [-0.3, -0.25) is 0 Å². The van der Waals surface area contributed by atoms with E-state index in [9.17, 15) is 0 Å². The van der Waals surface area contributed by atoms with Gasteiger partial charge in [0.2, 0.25) is 0 Å². The number of nitrogens with zero attached hydrogens (tertiary/aromatic N) is 2. The Labute approximate surface area is 103 Å². The van der Waals surface area contributed by atoms with E-state index in [0.717, 1.165) is 18.7 Å². The molecule has 3 heteroatoms. The van der Waals surface area contributed by atoms with E-state index >= 15 is 0 Å². The monoisotopic (exact) mass is 229 g/mol. The first-order valence-corrected chi connectivity index (χ1v) is 6.07. The Balaban J connectivity index is 2.23. The normalized spacial score (nSPS) is 12.6. The van der Waals surface area contributed by atoms with Crippen LogP contribution >= 0.6 is 0 Å². The van der Waals surface area contributed by atoms with Crippen molar-refractivity contribution in [2.24, 2.45) is 0 Å². The first-order valence-electron chi connectivity index (χ1n) is 6.07. The van der Waals surface area contributed by atoms with Crippen LogP contribution in [0.1, 0.15) is 30.6 Å². The first-order chi connectivity index (χ1) is 8.35. The standard InChI is InChI=1S/C14H19N3/c1-3-14(12-7-5-4-6-8-12)17-10-13(9-15-2)16-11-17/h4-8,10-11,14-15H,3,9H2,1-2H3. The highest BCUT2D eigenvalue weighted by molar-refractivity contribution is 5.20. The molecule has 0 aliphatic carbocycles. The highest BCUT2D eigenvalue weighted by Crippen LogP contribution is 2.21. The smallest absolute Gasteiger partial charge is 0.0955 e. The van der Waals surface area contributed by atoms with Gasteiger partial charge in [0.15, 0.2) is 0 Å². The summed E-state index contributed by atoms with van der Waals surface area (Å²) in [5, 5.41) is 3.12. The molecule has 1 unspecified atom stereocenters. The zero-order valence-corrected chi connectivity index (χ0v) is 10.4. The quantitative estimate of drug-likeness (QED) is 0.854. The fourth-order valence-electron chi connectivity index (χ4n) is 2.12. The van der Waals surface area contributed by atoms with Crippen LogP contribution < -0.4 is 5.32 Å². The summed E-state index contributed by atoms with van der Waals surface area (Å²) in [7, 11) is 1.94. The molecule has 1 N–H and O–H groups in total. The van der Waals surface area contributed by atoms with Crippen LogP contribution in [0, 0.1) is 0 Å². The fraction of sp³-hybridized carbons (Fsp3) is 0.357. The highest BCUT2D eigenvalue weighted by Gasteiger charge is 2.11. The lowest BCUT2D eigenvalue weighted by molar-refractivity contribution is 0.565. The number of hydrogen-bond donors (Lipinski definition) is 1. The van der Waals surface area contributed by atoms with E-state index in [1.165, 1.54) is 5.56 Å². The fourth-order valence-corrected chi connectivity index (χ4v) is 2.12. The van der Waals surface area contributed by atoms with E-state index in [4.69, 9.17) is 0 Å². The van der Waals surface area contributed by atoms with Gasteiger partial charge in [-0.15, -0.1) is 0 Å². The van der Waals surface area contributed by atoms with Crippen molar-refractivity contribution in [3.63, 3.8) is 0 Å². The second-order valence-corrected chi connectivity index (χ2v) is 4.18. The maximum atomic E-state index is 4.40. The molecule has 0 spiro atoms. The predicted octanol–water partition coefficient (Wildman–Crippen LogP) is 2.60. The van der Waals surface area contributed by atoms with E-state index in [-0.39, 0.29) is 0 Å². The molecule has 90 valence electrons. The number of rotatable bonds is 5. The van der Waals surface area contributed by atoms with Gasteiger partial charge in [0.1, 0.15) is 0 Å². The van der Waals surface area contributed by atoms with Crippen molar-refractivity contribution in [2.45, 2.75) is 25.9 Å². The van der Waals surface area contributed by atoms with Crippen molar-refractivity contribution >= 4 is 0 Å². The summed E-state index contributed by atoms with van der Waals surface area (Å²) in [6.45, 7) is 3.02. The third-order valence-electron chi connectivity index (χ3n) is 2.94. The largest absolute Gasteiger partial charge is 0.330 e. The molecule has 0 saturated heterocycles. The predicted molar refractivity (Wildman–Crippen MR) is 69.9 cm³/mol. The Hall–Kier alpha value is -1.61. The Morgan fingerprint density at radius 1 is 1.29 bits per heavy atom. The van der Waals surface area contributed by atoms with Gasteiger partial charge in [0.25, 0.3) is 0 Å². The van der Waals surface area contributed by atoms with Crippen molar-refractivity contribution in [3.05, 3.63) is 54.1 Å². The summed E-state index contributed by atoms with van der Waals surface area (Å²) in [5.41, 5.74) is 2.42. The van der Waals surface area contributed by atoms with Crippen molar-refractivity contribution in [1.29, 1.82) is 0 Å². The average molecular weight is 229 g/mol. The molecule has 1 atom stereocenters. The molecule has 1 aromatic carbocycles. The Morgan fingerprint density at radius 3 is 2.71 bits per heavy atom. The van der Waals surface area contributed by atoms with Gasteiger partial charge in [-0.2, -0.15) is 0 Å². The van der Waals surface area contributed by atoms with Crippen molar-refractivity contribution in [1.82, 2.24) is 14.9 Å². The van der Waals surface area contributed by atoms with E-state index in [1.807, 2.05) is 13.4 Å². The molecule has 0 radical (unpaired) electrons. The van der Waals surface area contributed by atoms with Gasteiger partial charge >= 0.3 is 0 Å². The number of benzene rings is 1. The van der Waals surface area contributed by atoms with Crippen molar-refractivity contribution in [3.8, 4) is 0 Å². The first kappa shape index (κ1) is 11.9. The van der Waals surface area contributed by atoms with Crippen molar-refractivity contribution < 1.29 is 0 Å². The van der Waals surface area contributed by atoms with Gasteiger partial charge in [-0.25, -0.2) is 4.98 Å². The summed E-state index contributed by atoms with van der Waals surface area (Å²) in [5.74, 6) is 0. The van der Waals surface area contributed by atoms with E-state index < -0.39 is 0 Å². The summed E-state index contributed by atoms with van der Waals surface area (Å²) in [6, 6.07) is 11.0. The van der Waals surface area contributed by atoms with Gasteiger partial charge in [0, 0.05) is 12.7 Å². The SMILES string of the molecule is CCC(c1ccccc1)n1cnc(CNC)c1. The Morgan fingerprint density at radius 2 is 2.06 bits per heavy atom. The average Bonchev–Trinajstić information content (AvgIpc) is 2.81. The molecule has 1 heterocycles. The summed E-state index contributed by atoms with van der Waals surface area (Å²) in [6.07, 6.45) is 5.12. The van der Waals surface area contributed by atoms with Crippen LogP contribution in [0.25, 0.3) is 0 Å². The van der Waals surface area contributed by atoms with Crippen LogP contribution in [0.5, 0.6) is 0 Å². The lowest BCUT2D eigenvalue weighted by atomic mass is 10.0. The van der Waals surface area contributed by atoms with Gasteiger partial charge in [-0.05, 0) is 19.0 Å².